The Bertz CT molecular complexity index is 1070. The van der Waals surface area contributed by atoms with Gasteiger partial charge in [-0.15, -0.1) is 0 Å². The topological polar surface area (TPSA) is 39.4 Å². The van der Waals surface area contributed by atoms with Crippen molar-refractivity contribution in [1.29, 1.82) is 0 Å². The Labute approximate surface area is 157 Å². The molecular formula is C22H20FN3O. The second-order valence-corrected chi connectivity index (χ2v) is 6.40. The first-order chi connectivity index (χ1) is 13.2. The van der Waals surface area contributed by atoms with Gasteiger partial charge in [0.2, 0.25) is 0 Å². The Kier molecular flexibility index (Phi) is 4.69. The molecule has 0 unspecified atom stereocenters. The van der Waals surface area contributed by atoms with Crippen molar-refractivity contribution in [2.75, 3.05) is 6.61 Å². The van der Waals surface area contributed by atoms with Crippen molar-refractivity contribution in [1.82, 2.24) is 14.6 Å². The lowest BCUT2D eigenvalue weighted by Gasteiger charge is -2.06. The second-order valence-electron chi connectivity index (χ2n) is 6.40. The molecule has 0 saturated carbocycles. The molecule has 4 aromatic rings. The van der Waals surface area contributed by atoms with Gasteiger partial charge in [0.1, 0.15) is 5.82 Å². The van der Waals surface area contributed by atoms with Crippen LogP contribution in [0.5, 0.6) is 0 Å². The van der Waals surface area contributed by atoms with E-state index in [0.29, 0.717) is 13.2 Å². The number of hydrogen-bond donors (Lipinski definition) is 0. The van der Waals surface area contributed by atoms with Crippen molar-refractivity contribution >= 4 is 5.65 Å². The molecule has 0 amide bonds. The number of nitrogens with zero attached hydrogens (tertiary/aromatic N) is 3. The highest BCUT2D eigenvalue weighted by Gasteiger charge is 2.18. The average molecular weight is 361 g/mol. The molecule has 2 aromatic carbocycles. The zero-order valence-electron chi connectivity index (χ0n) is 15.3. The molecule has 27 heavy (non-hydrogen) atoms. The fourth-order valence-electron chi connectivity index (χ4n) is 3.14. The van der Waals surface area contributed by atoms with Gasteiger partial charge >= 0.3 is 0 Å². The van der Waals surface area contributed by atoms with Gasteiger partial charge < -0.3 is 4.74 Å². The van der Waals surface area contributed by atoms with Crippen molar-refractivity contribution in [3.63, 3.8) is 0 Å². The van der Waals surface area contributed by atoms with E-state index in [1.165, 1.54) is 17.7 Å². The van der Waals surface area contributed by atoms with Crippen LogP contribution in [0.25, 0.3) is 28.0 Å². The minimum absolute atomic E-state index is 0.262. The van der Waals surface area contributed by atoms with Crippen LogP contribution in [-0.4, -0.2) is 21.2 Å². The molecule has 136 valence electrons. The zero-order chi connectivity index (χ0) is 18.8. The summed E-state index contributed by atoms with van der Waals surface area (Å²) in [5.74, 6) is -0.262. The predicted molar refractivity (Wildman–Crippen MR) is 104 cm³/mol. The molecule has 4 rings (SSSR count). The summed E-state index contributed by atoms with van der Waals surface area (Å²) in [4.78, 5) is 4.58. The number of rotatable bonds is 5. The third kappa shape index (κ3) is 3.34. The first-order valence-corrected chi connectivity index (χ1v) is 8.94. The largest absolute Gasteiger partial charge is 0.375 e. The molecule has 0 aliphatic carbocycles. The van der Waals surface area contributed by atoms with Crippen LogP contribution in [0, 0.1) is 12.7 Å². The lowest BCUT2D eigenvalue weighted by Crippen LogP contribution is -1.97. The molecule has 0 spiro atoms. The van der Waals surface area contributed by atoms with E-state index >= 15 is 0 Å². The maximum Gasteiger partial charge on any atom is 0.163 e. The Balaban J connectivity index is 1.94. The molecule has 0 fully saturated rings. The monoisotopic (exact) mass is 361 g/mol. The summed E-state index contributed by atoms with van der Waals surface area (Å²) >= 11 is 0. The van der Waals surface area contributed by atoms with Crippen LogP contribution in [0.3, 0.4) is 0 Å². The van der Waals surface area contributed by atoms with Gasteiger partial charge in [-0.3, -0.25) is 0 Å². The predicted octanol–water partition coefficient (Wildman–Crippen LogP) is 5.05. The maximum absolute atomic E-state index is 13.3. The highest BCUT2D eigenvalue weighted by Crippen LogP contribution is 2.31. The van der Waals surface area contributed by atoms with Crippen LogP contribution >= 0.6 is 0 Å². The standard InChI is InChI=1S/C22H20FN3O/c1-3-27-14-19-21(17-6-4-15(2)5-7-17)22-24-13-12-20(26(22)25-19)16-8-10-18(23)11-9-16/h4-13H,3,14H2,1-2H3. The van der Waals surface area contributed by atoms with Crippen molar-refractivity contribution in [3.8, 4) is 22.4 Å². The molecule has 0 saturated heterocycles. The number of hydrogen-bond acceptors (Lipinski definition) is 3. The van der Waals surface area contributed by atoms with E-state index in [1.54, 1.807) is 18.3 Å². The minimum atomic E-state index is -0.262. The maximum atomic E-state index is 13.3. The summed E-state index contributed by atoms with van der Waals surface area (Å²) < 4.78 is 20.8. The molecule has 0 radical (unpaired) electrons. The Morgan fingerprint density at radius 2 is 1.67 bits per heavy atom. The number of ether oxygens (including phenoxy) is 1. The third-order valence-corrected chi connectivity index (χ3v) is 4.51. The Morgan fingerprint density at radius 1 is 0.963 bits per heavy atom. The Hall–Kier alpha value is -3.05. The highest BCUT2D eigenvalue weighted by molar-refractivity contribution is 5.81. The quantitative estimate of drug-likeness (QED) is 0.499. The molecule has 0 aliphatic rings. The van der Waals surface area contributed by atoms with Gasteiger partial charge in [0.15, 0.2) is 5.65 Å². The first kappa shape index (κ1) is 17.4. The van der Waals surface area contributed by atoms with Crippen LogP contribution in [0.4, 0.5) is 4.39 Å². The molecular weight excluding hydrogens is 341 g/mol. The number of aromatic nitrogens is 3. The molecule has 5 heteroatoms. The zero-order valence-corrected chi connectivity index (χ0v) is 15.3. The number of benzene rings is 2. The van der Waals surface area contributed by atoms with Crippen LogP contribution in [0.1, 0.15) is 18.2 Å². The summed E-state index contributed by atoms with van der Waals surface area (Å²) in [6, 6.07) is 16.6. The summed E-state index contributed by atoms with van der Waals surface area (Å²) in [6.07, 6.45) is 1.76. The lowest BCUT2D eigenvalue weighted by molar-refractivity contribution is 0.131. The Morgan fingerprint density at radius 3 is 2.37 bits per heavy atom. The molecule has 2 aromatic heterocycles. The minimum Gasteiger partial charge on any atom is -0.375 e. The average Bonchev–Trinajstić information content (AvgIpc) is 3.06. The lowest BCUT2D eigenvalue weighted by atomic mass is 10.0. The summed E-state index contributed by atoms with van der Waals surface area (Å²) in [6.45, 7) is 5.04. The fourth-order valence-corrected chi connectivity index (χ4v) is 3.14. The summed E-state index contributed by atoms with van der Waals surface area (Å²) in [5, 5.41) is 4.78. The van der Waals surface area contributed by atoms with E-state index in [0.717, 1.165) is 33.7 Å². The molecule has 0 N–H and O–H groups in total. The molecule has 0 atom stereocenters. The number of aryl methyl sites for hydroxylation is 1. The highest BCUT2D eigenvalue weighted by atomic mass is 19.1. The number of fused-ring (bicyclic) bond motifs is 1. The van der Waals surface area contributed by atoms with Gasteiger partial charge in [-0.1, -0.05) is 29.8 Å². The molecule has 4 nitrogen and oxygen atoms in total. The second kappa shape index (κ2) is 7.29. The van der Waals surface area contributed by atoms with Gasteiger partial charge in [0.25, 0.3) is 0 Å². The molecule has 0 aliphatic heterocycles. The van der Waals surface area contributed by atoms with Crippen LogP contribution < -0.4 is 0 Å². The third-order valence-electron chi connectivity index (χ3n) is 4.51. The normalized spacial score (nSPS) is 11.2. The van der Waals surface area contributed by atoms with Crippen molar-refractivity contribution in [2.45, 2.75) is 20.5 Å². The van der Waals surface area contributed by atoms with Crippen LogP contribution in [-0.2, 0) is 11.3 Å². The van der Waals surface area contributed by atoms with Crippen molar-refractivity contribution < 1.29 is 9.13 Å². The summed E-state index contributed by atoms with van der Waals surface area (Å²) in [5.41, 5.74) is 6.54. The van der Waals surface area contributed by atoms with Gasteiger partial charge in [0.05, 0.1) is 23.6 Å². The molecule has 2 heterocycles. The van der Waals surface area contributed by atoms with Crippen LogP contribution in [0.15, 0.2) is 60.8 Å². The van der Waals surface area contributed by atoms with Gasteiger partial charge in [-0.2, -0.15) is 5.10 Å². The van der Waals surface area contributed by atoms with E-state index in [-0.39, 0.29) is 5.82 Å². The van der Waals surface area contributed by atoms with E-state index in [1.807, 2.05) is 17.5 Å². The first-order valence-electron chi connectivity index (χ1n) is 8.94. The van der Waals surface area contributed by atoms with E-state index < -0.39 is 0 Å². The summed E-state index contributed by atoms with van der Waals surface area (Å²) in [7, 11) is 0. The van der Waals surface area contributed by atoms with E-state index in [4.69, 9.17) is 9.84 Å². The molecule has 0 bridgehead atoms. The SMILES string of the molecule is CCOCc1nn2c(-c3ccc(F)cc3)ccnc2c1-c1ccc(C)cc1. The van der Waals surface area contributed by atoms with Gasteiger partial charge in [-0.25, -0.2) is 13.9 Å². The smallest absolute Gasteiger partial charge is 0.163 e. The fraction of sp³-hybridized carbons (Fsp3) is 0.182. The van der Waals surface area contributed by atoms with E-state index in [2.05, 4.69) is 36.2 Å². The van der Waals surface area contributed by atoms with E-state index in [9.17, 15) is 4.39 Å². The van der Waals surface area contributed by atoms with Crippen LogP contribution in [0.2, 0.25) is 0 Å². The van der Waals surface area contributed by atoms with Crippen molar-refractivity contribution in [2.24, 2.45) is 0 Å². The number of halogens is 1. The van der Waals surface area contributed by atoms with Gasteiger partial charge in [0, 0.05) is 18.4 Å². The van der Waals surface area contributed by atoms with Crippen molar-refractivity contribution in [3.05, 3.63) is 77.9 Å². The van der Waals surface area contributed by atoms with Gasteiger partial charge in [-0.05, 0) is 49.7 Å².